The minimum atomic E-state index is -0.340. The third-order valence-electron chi connectivity index (χ3n) is 8.13. The Balaban J connectivity index is 1.31. The predicted octanol–water partition coefficient (Wildman–Crippen LogP) is 4.59. The van der Waals surface area contributed by atoms with Gasteiger partial charge in [0.2, 0.25) is 5.91 Å². The van der Waals surface area contributed by atoms with Gasteiger partial charge in [0.25, 0.3) is 11.8 Å². The van der Waals surface area contributed by atoms with Crippen molar-refractivity contribution in [1.29, 1.82) is 0 Å². The molecule has 3 aromatic rings. The van der Waals surface area contributed by atoms with E-state index in [1.54, 1.807) is 43.5 Å². The van der Waals surface area contributed by atoms with Crippen LogP contribution < -0.4 is 31.3 Å². The van der Waals surface area contributed by atoms with Gasteiger partial charge < -0.3 is 35.5 Å². The molecule has 264 valence electrons. The van der Waals surface area contributed by atoms with E-state index in [4.69, 9.17) is 19.9 Å². The summed E-state index contributed by atoms with van der Waals surface area (Å²) in [6, 6.07) is 17.7. The molecule has 1 fully saturated rings. The minimum absolute atomic E-state index is 0.0483. The summed E-state index contributed by atoms with van der Waals surface area (Å²) in [5, 5.41) is 7.90. The quantitative estimate of drug-likeness (QED) is 0.142. The van der Waals surface area contributed by atoms with Crippen molar-refractivity contribution in [3.63, 3.8) is 0 Å². The SMILES string of the molecule is COCc1cc(C(=O)Nc2ccc(C)cc2OCCCCCC(=O)NN2CCN(C)CC2)ccc1NC(=O)c1ccccc1OCCCN. The smallest absolute Gasteiger partial charge is 0.259 e. The van der Waals surface area contributed by atoms with E-state index in [2.05, 4.69) is 28.0 Å². The van der Waals surface area contributed by atoms with Crippen molar-refractivity contribution in [1.82, 2.24) is 15.3 Å². The van der Waals surface area contributed by atoms with Crippen molar-refractivity contribution >= 4 is 29.1 Å². The number of para-hydroxylation sites is 1. The highest BCUT2D eigenvalue weighted by Gasteiger charge is 2.18. The fourth-order valence-electron chi connectivity index (χ4n) is 5.31. The highest BCUT2D eigenvalue weighted by Crippen LogP contribution is 2.28. The molecule has 0 atom stereocenters. The molecule has 12 heteroatoms. The largest absolute Gasteiger partial charge is 0.493 e. The maximum atomic E-state index is 13.4. The van der Waals surface area contributed by atoms with Crippen molar-refractivity contribution in [2.45, 2.75) is 45.6 Å². The van der Waals surface area contributed by atoms with E-state index in [9.17, 15) is 14.4 Å². The molecule has 0 spiro atoms. The number of amides is 3. The molecule has 0 aromatic heterocycles. The second-order valence-corrected chi connectivity index (χ2v) is 12.2. The summed E-state index contributed by atoms with van der Waals surface area (Å²) < 4.78 is 17.2. The molecule has 1 aliphatic heterocycles. The molecular formula is C37H50N6O6. The highest BCUT2D eigenvalue weighted by molar-refractivity contribution is 6.08. The van der Waals surface area contributed by atoms with Crippen molar-refractivity contribution in [2.75, 3.05) is 70.7 Å². The van der Waals surface area contributed by atoms with Crippen LogP contribution in [0.1, 0.15) is 63.9 Å². The van der Waals surface area contributed by atoms with Crippen molar-refractivity contribution < 1.29 is 28.6 Å². The number of nitrogens with one attached hydrogen (secondary N) is 3. The van der Waals surface area contributed by atoms with Gasteiger partial charge in [-0.25, -0.2) is 5.01 Å². The van der Waals surface area contributed by atoms with Crippen LogP contribution in [0.25, 0.3) is 0 Å². The van der Waals surface area contributed by atoms with Crippen LogP contribution in [0.2, 0.25) is 0 Å². The lowest BCUT2D eigenvalue weighted by Gasteiger charge is -2.32. The zero-order chi connectivity index (χ0) is 35.0. The predicted molar refractivity (Wildman–Crippen MR) is 191 cm³/mol. The number of anilines is 2. The molecule has 49 heavy (non-hydrogen) atoms. The molecule has 1 aliphatic rings. The minimum Gasteiger partial charge on any atom is -0.493 e. The number of ether oxygens (including phenoxy) is 3. The first kappa shape index (κ1) is 37.3. The number of aryl methyl sites for hydroxylation is 1. The van der Waals surface area contributed by atoms with Crippen LogP contribution in [0.15, 0.2) is 60.7 Å². The summed E-state index contributed by atoms with van der Waals surface area (Å²) in [5.41, 5.74) is 12.1. The standard InChI is InChI=1S/C37H50N6O6/c1-27-13-15-32(34(24-27)49-22-8-4-5-12-35(44)41-43-20-18-42(2)19-21-43)40-36(45)28-14-16-31(29(25-28)26-47-3)39-37(46)30-10-6-7-11-33(30)48-23-9-17-38/h6-7,10-11,13-16,24-25H,4-5,8-9,12,17-23,26,38H2,1-3H3,(H,39,46)(H,40,45)(H,41,44). The van der Waals surface area contributed by atoms with Crippen LogP contribution in [-0.4, -0.2) is 87.7 Å². The fourth-order valence-corrected chi connectivity index (χ4v) is 5.31. The molecule has 4 rings (SSSR count). The average molecular weight is 675 g/mol. The maximum absolute atomic E-state index is 13.4. The van der Waals surface area contributed by atoms with E-state index >= 15 is 0 Å². The number of rotatable bonds is 18. The summed E-state index contributed by atoms with van der Waals surface area (Å²) in [7, 11) is 3.64. The van der Waals surface area contributed by atoms with Gasteiger partial charge in [-0.3, -0.25) is 19.8 Å². The Morgan fingerprint density at radius 1 is 0.796 bits per heavy atom. The first-order valence-corrected chi connectivity index (χ1v) is 16.9. The number of hydrogen-bond donors (Lipinski definition) is 4. The number of hydrazine groups is 1. The van der Waals surface area contributed by atoms with Gasteiger partial charge in [0.1, 0.15) is 11.5 Å². The van der Waals surface area contributed by atoms with Crippen LogP contribution in [0.4, 0.5) is 11.4 Å². The number of nitrogens with zero attached hydrogens (tertiary/aromatic N) is 2. The molecule has 0 radical (unpaired) electrons. The second-order valence-electron chi connectivity index (χ2n) is 12.2. The van der Waals surface area contributed by atoms with Gasteiger partial charge >= 0.3 is 0 Å². The Morgan fingerprint density at radius 3 is 2.29 bits per heavy atom. The summed E-state index contributed by atoms with van der Waals surface area (Å²) in [6.07, 6.45) is 3.55. The third-order valence-corrected chi connectivity index (χ3v) is 8.13. The van der Waals surface area contributed by atoms with E-state index in [-0.39, 0.29) is 24.3 Å². The number of carbonyl (C=O) groups is 3. The Hall–Kier alpha value is -4.49. The first-order valence-electron chi connectivity index (χ1n) is 16.9. The Morgan fingerprint density at radius 2 is 1.51 bits per heavy atom. The topological polar surface area (TPSA) is 147 Å². The Bertz CT molecular complexity index is 1540. The molecule has 0 saturated carbocycles. The average Bonchev–Trinajstić information content (AvgIpc) is 3.09. The molecule has 5 N–H and O–H groups in total. The number of hydrogen-bond acceptors (Lipinski definition) is 9. The fraction of sp³-hybridized carbons (Fsp3) is 0.432. The molecule has 1 saturated heterocycles. The van der Waals surface area contributed by atoms with Gasteiger partial charge in [-0.2, -0.15) is 0 Å². The van der Waals surface area contributed by atoms with Gasteiger partial charge in [0.05, 0.1) is 31.1 Å². The van der Waals surface area contributed by atoms with E-state index in [1.807, 2.05) is 36.2 Å². The summed E-state index contributed by atoms with van der Waals surface area (Å²) in [5.74, 6) is 0.432. The first-order chi connectivity index (χ1) is 23.8. The molecule has 3 amide bonds. The molecule has 0 unspecified atom stereocenters. The zero-order valence-electron chi connectivity index (χ0n) is 28.9. The lowest BCUT2D eigenvalue weighted by Crippen LogP contribution is -2.52. The van der Waals surface area contributed by atoms with E-state index < -0.39 is 0 Å². The maximum Gasteiger partial charge on any atom is 0.259 e. The lowest BCUT2D eigenvalue weighted by atomic mass is 10.1. The van der Waals surface area contributed by atoms with Gasteiger partial charge in [0.15, 0.2) is 0 Å². The van der Waals surface area contributed by atoms with Crippen LogP contribution in [0.3, 0.4) is 0 Å². The van der Waals surface area contributed by atoms with Gasteiger partial charge in [-0.05, 0) is 94.2 Å². The van der Waals surface area contributed by atoms with E-state index in [0.29, 0.717) is 72.2 Å². The summed E-state index contributed by atoms with van der Waals surface area (Å²) in [6.45, 7) is 7.08. The molecular weight excluding hydrogens is 624 g/mol. The van der Waals surface area contributed by atoms with Crippen LogP contribution in [0.5, 0.6) is 11.5 Å². The molecule has 1 heterocycles. The van der Waals surface area contributed by atoms with Crippen molar-refractivity contribution in [2.24, 2.45) is 5.73 Å². The van der Waals surface area contributed by atoms with E-state index in [1.165, 1.54) is 0 Å². The molecule has 0 bridgehead atoms. The van der Waals surface area contributed by atoms with Crippen molar-refractivity contribution in [3.8, 4) is 11.5 Å². The number of likely N-dealkylation sites (N-methyl/N-ethyl adjacent to an activating group) is 1. The zero-order valence-corrected chi connectivity index (χ0v) is 28.9. The molecule has 3 aromatic carbocycles. The number of carbonyl (C=O) groups excluding carboxylic acids is 3. The van der Waals surface area contributed by atoms with Gasteiger partial charge in [-0.1, -0.05) is 18.2 Å². The van der Waals surface area contributed by atoms with E-state index in [0.717, 1.165) is 51.0 Å². The lowest BCUT2D eigenvalue weighted by molar-refractivity contribution is -0.126. The number of benzene rings is 3. The number of nitrogens with two attached hydrogens (primary N) is 1. The molecule has 12 nitrogen and oxygen atoms in total. The highest BCUT2D eigenvalue weighted by atomic mass is 16.5. The number of piperazine rings is 1. The Labute approximate surface area is 289 Å². The summed E-state index contributed by atoms with van der Waals surface area (Å²) >= 11 is 0. The van der Waals surface area contributed by atoms with Crippen LogP contribution >= 0.6 is 0 Å². The summed E-state index contributed by atoms with van der Waals surface area (Å²) in [4.78, 5) is 41.2. The second kappa shape index (κ2) is 19.5. The van der Waals surface area contributed by atoms with Crippen molar-refractivity contribution in [3.05, 3.63) is 82.9 Å². The normalized spacial score (nSPS) is 13.5. The monoisotopic (exact) mass is 674 g/mol. The molecule has 0 aliphatic carbocycles. The van der Waals surface area contributed by atoms with Gasteiger partial charge in [-0.15, -0.1) is 0 Å². The number of unbranched alkanes of at least 4 members (excludes halogenated alkanes) is 2. The van der Waals surface area contributed by atoms with Crippen LogP contribution in [-0.2, 0) is 16.1 Å². The van der Waals surface area contributed by atoms with Crippen LogP contribution in [0, 0.1) is 6.92 Å². The number of methoxy groups -OCH3 is 1. The van der Waals surface area contributed by atoms with Gasteiger partial charge in [0, 0.05) is 56.5 Å². The third kappa shape index (κ3) is 11.9. The Kier molecular flexibility index (Phi) is 14.9.